The monoisotopic (exact) mass is 213 g/mol. The normalized spacial score (nSPS) is 18.6. The predicted molar refractivity (Wildman–Crippen MR) is 70.8 cm³/mol. The molecule has 1 aromatic carbocycles. The third-order valence-electron chi connectivity index (χ3n) is 3.27. The Bertz CT molecular complexity index is 439. The zero-order valence-corrected chi connectivity index (χ0v) is 10.3. The molecular weight excluding hydrogens is 194 g/mol. The summed E-state index contributed by atoms with van der Waals surface area (Å²) in [4.78, 5) is 2.21. The van der Waals surface area contributed by atoms with E-state index < -0.39 is 0 Å². The molecule has 0 spiro atoms. The molecule has 1 aliphatic rings. The molecule has 1 aromatic rings. The van der Waals surface area contributed by atoms with Crippen LogP contribution in [0.5, 0.6) is 0 Å². The minimum Gasteiger partial charge on any atom is -0.348 e. The summed E-state index contributed by atoms with van der Waals surface area (Å²) in [5.41, 5.74) is 5.30. The van der Waals surface area contributed by atoms with E-state index in [1.807, 2.05) is 0 Å². The fourth-order valence-electron chi connectivity index (χ4n) is 2.27. The molecule has 1 atom stereocenters. The minimum atomic E-state index is 0.455. The Hall–Kier alpha value is -1.50. The lowest BCUT2D eigenvalue weighted by Gasteiger charge is -2.15. The third-order valence-corrected chi connectivity index (χ3v) is 3.27. The Kier molecular flexibility index (Phi) is 2.86. The van der Waals surface area contributed by atoms with Crippen molar-refractivity contribution in [3.63, 3.8) is 0 Å². The van der Waals surface area contributed by atoms with Gasteiger partial charge in [0.1, 0.15) is 0 Å². The molecule has 0 saturated carbocycles. The average Bonchev–Trinajstić information content (AvgIpc) is 2.50. The SMILES string of the molecule is C=C1C(CC=C(C)C)c2ccccc2N1C. The Balaban J connectivity index is 2.34. The van der Waals surface area contributed by atoms with Crippen molar-refractivity contribution in [3.05, 3.63) is 53.8 Å². The maximum atomic E-state index is 4.21. The summed E-state index contributed by atoms with van der Waals surface area (Å²) in [6.45, 7) is 8.50. The maximum Gasteiger partial charge on any atom is 0.0445 e. The van der Waals surface area contributed by atoms with Gasteiger partial charge in [-0.25, -0.2) is 0 Å². The summed E-state index contributed by atoms with van der Waals surface area (Å²) in [5.74, 6) is 0.455. The van der Waals surface area contributed by atoms with Gasteiger partial charge in [0.15, 0.2) is 0 Å². The van der Waals surface area contributed by atoms with E-state index in [0.29, 0.717) is 5.92 Å². The molecule has 1 aliphatic heterocycles. The van der Waals surface area contributed by atoms with Crippen LogP contribution in [0.2, 0.25) is 0 Å². The smallest absolute Gasteiger partial charge is 0.0445 e. The van der Waals surface area contributed by atoms with Gasteiger partial charge in [0.05, 0.1) is 0 Å². The molecule has 84 valence electrons. The van der Waals surface area contributed by atoms with Crippen LogP contribution < -0.4 is 4.90 Å². The van der Waals surface area contributed by atoms with Gasteiger partial charge in [-0.15, -0.1) is 0 Å². The van der Waals surface area contributed by atoms with Crippen molar-refractivity contribution in [1.82, 2.24) is 0 Å². The highest BCUT2D eigenvalue weighted by atomic mass is 15.1. The molecule has 0 saturated heterocycles. The molecular formula is C15H19N. The van der Waals surface area contributed by atoms with E-state index in [9.17, 15) is 0 Å². The number of hydrogen-bond acceptors (Lipinski definition) is 1. The number of fused-ring (bicyclic) bond motifs is 1. The topological polar surface area (TPSA) is 3.24 Å². The first-order valence-electron chi connectivity index (χ1n) is 5.76. The molecule has 0 radical (unpaired) electrons. The first kappa shape index (κ1) is 11.0. The number of benzene rings is 1. The van der Waals surface area contributed by atoms with E-state index in [4.69, 9.17) is 0 Å². The van der Waals surface area contributed by atoms with E-state index in [-0.39, 0.29) is 0 Å². The first-order valence-corrected chi connectivity index (χ1v) is 5.76. The number of allylic oxidation sites excluding steroid dienone is 3. The van der Waals surface area contributed by atoms with Crippen LogP contribution in [0.4, 0.5) is 5.69 Å². The molecule has 1 unspecified atom stereocenters. The highest BCUT2D eigenvalue weighted by Crippen LogP contribution is 2.43. The van der Waals surface area contributed by atoms with Crippen LogP contribution in [-0.4, -0.2) is 7.05 Å². The van der Waals surface area contributed by atoms with Crippen molar-refractivity contribution >= 4 is 5.69 Å². The highest BCUT2D eigenvalue weighted by Gasteiger charge is 2.28. The minimum absolute atomic E-state index is 0.455. The summed E-state index contributed by atoms with van der Waals surface area (Å²) in [6, 6.07) is 8.59. The Morgan fingerprint density at radius 1 is 1.38 bits per heavy atom. The van der Waals surface area contributed by atoms with Gasteiger partial charge >= 0.3 is 0 Å². The fourth-order valence-corrected chi connectivity index (χ4v) is 2.27. The third kappa shape index (κ3) is 1.78. The molecule has 0 N–H and O–H groups in total. The number of anilines is 1. The van der Waals surface area contributed by atoms with Crippen LogP contribution in [-0.2, 0) is 0 Å². The van der Waals surface area contributed by atoms with Crippen molar-refractivity contribution in [2.45, 2.75) is 26.2 Å². The van der Waals surface area contributed by atoms with Gasteiger partial charge in [-0.3, -0.25) is 0 Å². The lowest BCUT2D eigenvalue weighted by atomic mass is 9.95. The Morgan fingerprint density at radius 3 is 2.75 bits per heavy atom. The number of nitrogens with zero attached hydrogens (tertiary/aromatic N) is 1. The lowest BCUT2D eigenvalue weighted by Crippen LogP contribution is -2.11. The summed E-state index contributed by atoms with van der Waals surface area (Å²) in [5, 5.41) is 0. The van der Waals surface area contributed by atoms with Crippen LogP contribution >= 0.6 is 0 Å². The van der Waals surface area contributed by atoms with E-state index in [0.717, 1.165) is 6.42 Å². The standard InChI is InChI=1S/C15H19N/c1-11(2)9-10-13-12(3)16(4)15-8-6-5-7-14(13)15/h5-9,13H,3,10H2,1-2,4H3. The lowest BCUT2D eigenvalue weighted by molar-refractivity contribution is 0.822. The van der Waals surface area contributed by atoms with E-state index in [1.54, 1.807) is 0 Å². The molecule has 1 heteroatoms. The predicted octanol–water partition coefficient (Wildman–Crippen LogP) is 4.09. The van der Waals surface area contributed by atoms with Crippen LogP contribution in [0.25, 0.3) is 0 Å². The van der Waals surface area contributed by atoms with Crippen LogP contribution in [0.3, 0.4) is 0 Å². The molecule has 0 aromatic heterocycles. The average molecular weight is 213 g/mol. The summed E-state index contributed by atoms with van der Waals surface area (Å²) in [6.07, 6.45) is 3.36. The largest absolute Gasteiger partial charge is 0.348 e. The fraction of sp³-hybridized carbons (Fsp3) is 0.333. The van der Waals surface area contributed by atoms with Gasteiger partial charge in [0, 0.05) is 24.4 Å². The zero-order chi connectivity index (χ0) is 11.7. The quantitative estimate of drug-likeness (QED) is 0.669. The maximum absolute atomic E-state index is 4.21. The van der Waals surface area contributed by atoms with Crippen molar-refractivity contribution in [2.75, 3.05) is 11.9 Å². The van der Waals surface area contributed by atoms with Crippen molar-refractivity contribution in [2.24, 2.45) is 0 Å². The van der Waals surface area contributed by atoms with Gasteiger partial charge in [-0.1, -0.05) is 36.4 Å². The van der Waals surface area contributed by atoms with Crippen molar-refractivity contribution in [1.29, 1.82) is 0 Å². The molecule has 1 nitrogen and oxygen atoms in total. The molecule has 0 fully saturated rings. The van der Waals surface area contributed by atoms with Gasteiger partial charge in [0.2, 0.25) is 0 Å². The highest BCUT2D eigenvalue weighted by molar-refractivity contribution is 5.66. The Morgan fingerprint density at radius 2 is 2.06 bits per heavy atom. The zero-order valence-electron chi connectivity index (χ0n) is 10.3. The molecule has 0 aliphatic carbocycles. The van der Waals surface area contributed by atoms with Crippen LogP contribution in [0, 0.1) is 0 Å². The van der Waals surface area contributed by atoms with Crippen LogP contribution in [0.1, 0.15) is 31.7 Å². The molecule has 0 amide bonds. The van der Waals surface area contributed by atoms with E-state index in [2.05, 4.69) is 62.7 Å². The van der Waals surface area contributed by atoms with E-state index in [1.165, 1.54) is 22.5 Å². The summed E-state index contributed by atoms with van der Waals surface area (Å²) >= 11 is 0. The molecule has 0 bridgehead atoms. The second-order valence-corrected chi connectivity index (χ2v) is 4.68. The first-order chi connectivity index (χ1) is 7.61. The van der Waals surface area contributed by atoms with Gasteiger partial charge in [-0.2, -0.15) is 0 Å². The van der Waals surface area contributed by atoms with Crippen LogP contribution in [0.15, 0.2) is 48.2 Å². The summed E-state index contributed by atoms with van der Waals surface area (Å²) in [7, 11) is 2.10. The second-order valence-electron chi connectivity index (χ2n) is 4.68. The summed E-state index contributed by atoms with van der Waals surface area (Å²) < 4.78 is 0. The molecule has 16 heavy (non-hydrogen) atoms. The number of para-hydroxylation sites is 1. The number of hydrogen-bond donors (Lipinski definition) is 0. The van der Waals surface area contributed by atoms with Gasteiger partial charge in [0.25, 0.3) is 0 Å². The van der Waals surface area contributed by atoms with E-state index >= 15 is 0 Å². The number of rotatable bonds is 2. The van der Waals surface area contributed by atoms with Gasteiger partial charge in [-0.05, 0) is 31.9 Å². The van der Waals surface area contributed by atoms with Crippen molar-refractivity contribution < 1.29 is 0 Å². The number of likely N-dealkylation sites (N-methyl/N-ethyl adjacent to an activating group) is 1. The second kappa shape index (κ2) is 4.17. The van der Waals surface area contributed by atoms with Gasteiger partial charge < -0.3 is 4.90 Å². The molecule has 2 rings (SSSR count). The molecule has 1 heterocycles. The Labute approximate surface area is 98.1 Å². The van der Waals surface area contributed by atoms with Crippen molar-refractivity contribution in [3.8, 4) is 0 Å².